The van der Waals surface area contributed by atoms with E-state index in [-0.39, 0.29) is 30.9 Å². The van der Waals surface area contributed by atoms with Gasteiger partial charge in [-0.15, -0.1) is 0 Å². The van der Waals surface area contributed by atoms with Gasteiger partial charge in [-0.1, -0.05) is 30.6 Å². The minimum atomic E-state index is -5.11. The molecule has 0 saturated carbocycles. The van der Waals surface area contributed by atoms with Gasteiger partial charge in [-0.05, 0) is 99.0 Å². The topological polar surface area (TPSA) is 66.8 Å². The summed E-state index contributed by atoms with van der Waals surface area (Å²) in [4.78, 5) is 27.9. The van der Waals surface area contributed by atoms with Crippen molar-refractivity contribution in [2.45, 2.75) is 78.3 Å². The monoisotopic (exact) mass is 635 g/mol. The van der Waals surface area contributed by atoms with Crippen LogP contribution in [0.1, 0.15) is 73.8 Å². The summed E-state index contributed by atoms with van der Waals surface area (Å²) in [6.07, 6.45) is -5.66. The first-order valence-corrected chi connectivity index (χ1v) is 15.0. The van der Waals surface area contributed by atoms with Crippen LogP contribution >= 0.6 is 0 Å². The van der Waals surface area contributed by atoms with Crippen LogP contribution in [0.5, 0.6) is 5.75 Å². The first kappa shape index (κ1) is 32.8. The van der Waals surface area contributed by atoms with Gasteiger partial charge in [0.15, 0.2) is 0 Å². The fourth-order valence-electron chi connectivity index (χ4n) is 7.12. The average Bonchev–Trinajstić information content (AvgIpc) is 3.48. The Morgan fingerprint density at radius 3 is 2.11 bits per heavy atom. The number of imide groups is 1. The third kappa shape index (κ3) is 6.28. The number of fused-ring (bicyclic) bond motifs is 3. The van der Waals surface area contributed by atoms with Crippen LogP contribution in [0.2, 0.25) is 0 Å². The molecule has 2 heterocycles. The number of amides is 2. The van der Waals surface area contributed by atoms with Gasteiger partial charge in [0.1, 0.15) is 5.75 Å². The van der Waals surface area contributed by atoms with Gasteiger partial charge >= 0.3 is 12.4 Å². The van der Waals surface area contributed by atoms with Crippen LogP contribution in [0.15, 0.2) is 47.1 Å². The summed E-state index contributed by atoms with van der Waals surface area (Å²) in [7, 11) is 0. The Kier molecular flexibility index (Phi) is 8.72. The molecule has 2 aromatic rings. The summed E-state index contributed by atoms with van der Waals surface area (Å²) in [5.74, 6) is -3.63. The number of phenols is 1. The molecular weight excluding hydrogens is 600 g/mol. The van der Waals surface area contributed by atoms with Crippen molar-refractivity contribution in [2.75, 3.05) is 11.5 Å². The molecule has 2 saturated heterocycles. The van der Waals surface area contributed by atoms with Gasteiger partial charge in [0.2, 0.25) is 11.8 Å². The summed E-state index contributed by atoms with van der Waals surface area (Å²) in [6, 6.07) is 4.64. The zero-order chi connectivity index (χ0) is 33.0. The van der Waals surface area contributed by atoms with E-state index < -0.39 is 58.7 Å². The molecule has 4 atom stereocenters. The lowest BCUT2D eigenvalue weighted by atomic mass is 9.68. The lowest BCUT2D eigenvalue weighted by Crippen LogP contribution is -2.34. The Bertz CT molecular complexity index is 1530. The molecule has 2 fully saturated rings. The summed E-state index contributed by atoms with van der Waals surface area (Å²) < 4.78 is 87.7. The smallest absolute Gasteiger partial charge is 0.416 e. The molecule has 1 aliphatic carbocycles. The SMILES string of the molecule is CCCC1=C2[C@@H](CC/C(C)=C/c3cc(C)c(O)c(C)c3)OC[C@@H]2[C@@H]2C(=O)N(c3cc(C(F)(F)F)cc(C(F)(F)F)c3)C(=O)[C@@H]2C1. The van der Waals surface area contributed by atoms with E-state index in [1.807, 2.05) is 45.9 Å². The molecule has 3 aliphatic rings. The molecule has 5 rings (SSSR count). The second-order valence-electron chi connectivity index (χ2n) is 12.4. The minimum absolute atomic E-state index is 0.0174. The van der Waals surface area contributed by atoms with E-state index in [1.165, 1.54) is 0 Å². The Hall–Kier alpha value is -3.60. The van der Waals surface area contributed by atoms with E-state index in [0.29, 0.717) is 36.3 Å². The molecule has 2 aromatic carbocycles. The van der Waals surface area contributed by atoms with Crippen LogP contribution in [-0.2, 0) is 26.7 Å². The maximum absolute atomic E-state index is 13.8. The molecule has 45 heavy (non-hydrogen) atoms. The predicted molar refractivity (Wildman–Crippen MR) is 156 cm³/mol. The zero-order valence-corrected chi connectivity index (χ0v) is 25.4. The molecular formula is C34H35F6NO4. The fraction of sp³-hybridized carbons (Fsp3) is 0.471. The average molecular weight is 636 g/mol. The molecule has 242 valence electrons. The van der Waals surface area contributed by atoms with Crippen molar-refractivity contribution in [3.05, 3.63) is 74.9 Å². The fourth-order valence-corrected chi connectivity index (χ4v) is 7.12. The largest absolute Gasteiger partial charge is 0.507 e. The van der Waals surface area contributed by atoms with Gasteiger partial charge in [0.25, 0.3) is 0 Å². The molecule has 5 nitrogen and oxygen atoms in total. The zero-order valence-electron chi connectivity index (χ0n) is 25.4. The number of allylic oxidation sites excluding steroid dienone is 2. The highest BCUT2D eigenvalue weighted by atomic mass is 19.4. The van der Waals surface area contributed by atoms with Crippen LogP contribution in [-0.4, -0.2) is 29.6 Å². The van der Waals surface area contributed by atoms with Gasteiger partial charge in [-0.25, -0.2) is 4.90 Å². The molecule has 0 bridgehead atoms. The number of benzene rings is 2. The molecule has 0 aromatic heterocycles. The number of anilines is 1. The van der Waals surface area contributed by atoms with E-state index in [1.54, 1.807) is 0 Å². The van der Waals surface area contributed by atoms with Crippen molar-refractivity contribution in [1.82, 2.24) is 0 Å². The normalized spacial score (nSPS) is 24.0. The number of alkyl halides is 6. The molecule has 0 unspecified atom stereocenters. The highest BCUT2D eigenvalue weighted by Crippen LogP contribution is 2.52. The van der Waals surface area contributed by atoms with Crippen molar-refractivity contribution >= 4 is 23.6 Å². The van der Waals surface area contributed by atoms with Crippen LogP contribution in [0.3, 0.4) is 0 Å². The van der Waals surface area contributed by atoms with Gasteiger partial charge in [0.05, 0.1) is 41.4 Å². The number of rotatable bonds is 7. The third-order valence-electron chi connectivity index (χ3n) is 9.12. The van der Waals surface area contributed by atoms with Crippen molar-refractivity contribution in [1.29, 1.82) is 0 Å². The van der Waals surface area contributed by atoms with E-state index >= 15 is 0 Å². The van der Waals surface area contributed by atoms with Gasteiger partial charge in [-0.2, -0.15) is 26.3 Å². The van der Waals surface area contributed by atoms with Gasteiger partial charge < -0.3 is 9.84 Å². The number of carbonyl (C=O) groups is 2. The highest BCUT2D eigenvalue weighted by Gasteiger charge is 2.57. The van der Waals surface area contributed by atoms with E-state index in [2.05, 4.69) is 0 Å². The second kappa shape index (κ2) is 12.0. The Balaban J connectivity index is 1.42. The summed E-state index contributed by atoms with van der Waals surface area (Å²) >= 11 is 0. The number of phenolic OH excluding ortho intramolecular Hbond substituents is 1. The molecule has 2 aliphatic heterocycles. The standard InChI is InChI=1S/C34H35F6NO4/c1-5-6-21-12-25-29(32(44)41(31(25)43)24-14-22(33(35,36)37)13-23(15-24)34(38,39)40)26-16-45-27(28(21)26)8-7-17(2)9-20-10-18(3)30(42)19(4)11-20/h9-11,13-15,25-27,29,42H,5-8,12,16H2,1-4H3/b17-9+/t25-,26+,27-,29-/m1/s1. The van der Waals surface area contributed by atoms with Gasteiger partial charge in [0, 0.05) is 5.92 Å². The van der Waals surface area contributed by atoms with E-state index in [0.717, 1.165) is 39.8 Å². The first-order valence-electron chi connectivity index (χ1n) is 15.0. The number of aromatic hydroxyl groups is 1. The summed E-state index contributed by atoms with van der Waals surface area (Å²) in [5.41, 5.74) is 1.58. The Labute approximate surface area is 257 Å². The minimum Gasteiger partial charge on any atom is -0.507 e. The number of hydrogen-bond donors (Lipinski definition) is 1. The number of aryl methyl sites for hydroxylation is 2. The highest BCUT2D eigenvalue weighted by molar-refractivity contribution is 6.22. The molecule has 1 N–H and O–H groups in total. The predicted octanol–water partition coefficient (Wildman–Crippen LogP) is 8.55. The Morgan fingerprint density at radius 1 is 0.956 bits per heavy atom. The second-order valence-corrected chi connectivity index (χ2v) is 12.4. The molecule has 2 amide bonds. The van der Waals surface area contributed by atoms with Gasteiger partial charge in [-0.3, -0.25) is 9.59 Å². The van der Waals surface area contributed by atoms with Crippen LogP contribution in [0.25, 0.3) is 6.08 Å². The number of hydrogen-bond acceptors (Lipinski definition) is 4. The summed E-state index contributed by atoms with van der Waals surface area (Å²) in [5, 5.41) is 10.1. The van der Waals surface area contributed by atoms with Crippen molar-refractivity contribution in [3.63, 3.8) is 0 Å². The summed E-state index contributed by atoms with van der Waals surface area (Å²) in [6.45, 7) is 7.76. The quantitative estimate of drug-likeness (QED) is 0.188. The number of halogens is 6. The Morgan fingerprint density at radius 2 is 1.56 bits per heavy atom. The van der Waals surface area contributed by atoms with Crippen LogP contribution < -0.4 is 4.90 Å². The van der Waals surface area contributed by atoms with Crippen LogP contribution in [0, 0.1) is 31.6 Å². The lowest BCUT2D eigenvalue weighted by molar-refractivity contribution is -0.143. The van der Waals surface area contributed by atoms with Crippen molar-refractivity contribution in [3.8, 4) is 5.75 Å². The number of nitrogens with zero attached hydrogens (tertiary/aromatic N) is 1. The van der Waals surface area contributed by atoms with E-state index in [4.69, 9.17) is 4.74 Å². The number of ether oxygens (including phenoxy) is 1. The number of carbonyl (C=O) groups excluding carboxylic acids is 2. The maximum Gasteiger partial charge on any atom is 0.416 e. The molecule has 11 heteroatoms. The van der Waals surface area contributed by atoms with Crippen molar-refractivity contribution in [2.24, 2.45) is 17.8 Å². The van der Waals surface area contributed by atoms with Crippen LogP contribution in [0.4, 0.5) is 32.0 Å². The van der Waals surface area contributed by atoms with E-state index in [9.17, 15) is 41.0 Å². The van der Waals surface area contributed by atoms with Crippen molar-refractivity contribution < 1.29 is 45.8 Å². The lowest BCUT2D eigenvalue weighted by Gasteiger charge is -2.31. The maximum atomic E-state index is 13.8. The molecule has 0 radical (unpaired) electrons. The third-order valence-corrected chi connectivity index (χ3v) is 9.12. The molecule has 0 spiro atoms. The first-order chi connectivity index (χ1) is 21.0.